The van der Waals surface area contributed by atoms with Gasteiger partial charge in [0, 0.05) is 44.7 Å². The molecule has 5 atom stereocenters. The number of nitrogens with zero attached hydrogens (tertiary/aromatic N) is 1. The Hall–Kier alpha value is -4.55. The van der Waals surface area contributed by atoms with Gasteiger partial charge in [-0.15, -0.1) is 0 Å². The molecule has 238 valence electrons. The smallest absolute Gasteiger partial charge is 0.303 e. The van der Waals surface area contributed by atoms with Crippen LogP contribution in [0.3, 0.4) is 0 Å². The predicted octanol–water partition coefficient (Wildman–Crippen LogP) is 3.36. The van der Waals surface area contributed by atoms with Crippen molar-refractivity contribution < 1.29 is 52.5 Å². The van der Waals surface area contributed by atoms with E-state index in [1.54, 1.807) is 18.2 Å². The van der Waals surface area contributed by atoms with Crippen LogP contribution in [-0.4, -0.2) is 72.7 Å². The number of rotatable bonds is 10. The average Bonchev–Trinajstić information content (AvgIpc) is 3.20. The fraction of sp³-hybridized carbons (Fsp3) is 0.375. The van der Waals surface area contributed by atoms with E-state index < -0.39 is 79.1 Å². The van der Waals surface area contributed by atoms with Gasteiger partial charge in [0.15, 0.2) is 24.1 Å². The van der Waals surface area contributed by atoms with Gasteiger partial charge >= 0.3 is 23.9 Å². The third-order valence-electron chi connectivity index (χ3n) is 6.99. The summed E-state index contributed by atoms with van der Waals surface area (Å²) in [6.45, 7) is 4.30. The van der Waals surface area contributed by atoms with E-state index in [9.17, 15) is 28.8 Å². The van der Waals surface area contributed by atoms with Gasteiger partial charge in [-0.3, -0.25) is 28.8 Å². The van der Waals surface area contributed by atoms with Crippen LogP contribution in [0.1, 0.15) is 45.2 Å². The lowest BCUT2D eigenvalue weighted by molar-refractivity contribution is -0.252. The molecular weight excluding hydrogens is 610 g/mol. The third kappa shape index (κ3) is 8.34. The maximum Gasteiger partial charge on any atom is 0.303 e. The fourth-order valence-corrected chi connectivity index (χ4v) is 5.46. The number of fused-ring (bicyclic) bond motifs is 1. The highest BCUT2D eigenvalue weighted by atomic mass is 35.5. The molecule has 2 aromatic rings. The highest BCUT2D eigenvalue weighted by Gasteiger charge is 2.52. The molecule has 2 aliphatic rings. The van der Waals surface area contributed by atoms with Crippen molar-refractivity contribution in [1.82, 2.24) is 0 Å². The Morgan fingerprint density at radius 2 is 1.42 bits per heavy atom. The summed E-state index contributed by atoms with van der Waals surface area (Å²) in [5.41, 5.74) is 1.99. The maximum absolute atomic E-state index is 13.6. The van der Waals surface area contributed by atoms with Crippen LogP contribution in [-0.2, 0) is 59.0 Å². The second-order valence-corrected chi connectivity index (χ2v) is 10.9. The molecule has 45 heavy (non-hydrogen) atoms. The topological polar surface area (TPSA) is 152 Å². The summed E-state index contributed by atoms with van der Waals surface area (Å²) >= 11 is 6.26. The predicted molar refractivity (Wildman–Crippen MR) is 159 cm³/mol. The molecule has 1 saturated heterocycles. The molecule has 0 saturated carbocycles. The molecule has 0 bridgehead atoms. The molecule has 2 heterocycles. The van der Waals surface area contributed by atoms with Crippen LogP contribution in [0, 0.1) is 0 Å². The molecule has 0 aliphatic carbocycles. The van der Waals surface area contributed by atoms with Crippen LogP contribution in [0.2, 0.25) is 5.02 Å². The van der Waals surface area contributed by atoms with Crippen LogP contribution in [0.4, 0.5) is 5.69 Å². The number of hydrogen-bond donors (Lipinski definition) is 0. The number of anilines is 1. The van der Waals surface area contributed by atoms with Crippen molar-refractivity contribution in [2.75, 3.05) is 11.5 Å². The molecule has 0 radical (unpaired) electrons. The van der Waals surface area contributed by atoms with Crippen LogP contribution in [0.25, 0.3) is 5.57 Å². The number of hydrogen-bond acceptors (Lipinski definition) is 11. The zero-order valence-electron chi connectivity index (χ0n) is 25.0. The molecule has 0 spiro atoms. The quantitative estimate of drug-likeness (QED) is 0.213. The molecule has 1 amide bonds. The Bertz CT molecular complexity index is 1520. The van der Waals surface area contributed by atoms with Gasteiger partial charge < -0.3 is 28.6 Å². The third-order valence-corrected chi connectivity index (χ3v) is 7.23. The summed E-state index contributed by atoms with van der Waals surface area (Å²) < 4.78 is 27.4. The van der Waals surface area contributed by atoms with Gasteiger partial charge in [0.1, 0.15) is 18.8 Å². The number of halogens is 1. The SMILES string of the molecule is CC(=O)OC[C@H]1O[C@@H](CC(=O)/C=C2\C(=O)N(Cc3ccccc3)c3ccc(Cl)cc32)[C@H](OC(C)=O)[C@@H](OC(C)=O)[C@@H]1OC(C)=O. The molecule has 1 fully saturated rings. The van der Waals surface area contributed by atoms with E-state index >= 15 is 0 Å². The second kappa shape index (κ2) is 14.5. The fourth-order valence-electron chi connectivity index (χ4n) is 5.29. The Morgan fingerprint density at radius 3 is 2.02 bits per heavy atom. The molecule has 12 nitrogen and oxygen atoms in total. The largest absolute Gasteiger partial charge is 0.463 e. The summed E-state index contributed by atoms with van der Waals surface area (Å²) in [5, 5.41) is 0.362. The summed E-state index contributed by atoms with van der Waals surface area (Å²) in [6.07, 6.45) is -5.91. The van der Waals surface area contributed by atoms with Crippen molar-refractivity contribution >= 4 is 58.4 Å². The van der Waals surface area contributed by atoms with Crippen molar-refractivity contribution in [3.05, 3.63) is 70.8 Å². The molecule has 4 rings (SSSR count). The number of esters is 4. The zero-order valence-corrected chi connectivity index (χ0v) is 25.8. The number of ether oxygens (including phenoxy) is 5. The Balaban J connectivity index is 1.67. The summed E-state index contributed by atoms with van der Waals surface area (Å²) in [4.78, 5) is 76.5. The summed E-state index contributed by atoms with van der Waals surface area (Å²) in [5.74, 6) is -4.04. The first-order valence-electron chi connectivity index (χ1n) is 14.0. The number of carbonyl (C=O) groups is 6. The Morgan fingerprint density at radius 1 is 0.822 bits per heavy atom. The van der Waals surface area contributed by atoms with Gasteiger partial charge in [-0.1, -0.05) is 41.9 Å². The van der Waals surface area contributed by atoms with Crippen LogP contribution in [0.5, 0.6) is 0 Å². The number of amides is 1. The highest BCUT2D eigenvalue weighted by Crippen LogP contribution is 2.40. The van der Waals surface area contributed by atoms with Gasteiger partial charge in [0.2, 0.25) is 0 Å². The van der Waals surface area contributed by atoms with E-state index in [2.05, 4.69) is 0 Å². The molecule has 0 N–H and O–H groups in total. The van der Waals surface area contributed by atoms with E-state index in [0.29, 0.717) is 16.3 Å². The average molecular weight is 642 g/mol. The lowest BCUT2D eigenvalue weighted by atomic mass is 9.91. The van der Waals surface area contributed by atoms with Crippen molar-refractivity contribution in [2.45, 2.75) is 71.2 Å². The van der Waals surface area contributed by atoms with Crippen molar-refractivity contribution in [3.8, 4) is 0 Å². The van der Waals surface area contributed by atoms with Gasteiger partial charge in [0.05, 0.1) is 17.8 Å². The summed E-state index contributed by atoms with van der Waals surface area (Å²) in [6, 6.07) is 14.3. The molecule has 0 aromatic heterocycles. The summed E-state index contributed by atoms with van der Waals surface area (Å²) in [7, 11) is 0. The van der Waals surface area contributed by atoms with Gasteiger partial charge in [0.25, 0.3) is 5.91 Å². The number of ketones is 1. The van der Waals surface area contributed by atoms with E-state index in [-0.39, 0.29) is 12.1 Å². The van der Waals surface area contributed by atoms with Crippen LogP contribution < -0.4 is 4.90 Å². The Labute approximate surface area is 264 Å². The van der Waals surface area contributed by atoms with Crippen LogP contribution >= 0.6 is 11.6 Å². The van der Waals surface area contributed by atoms with E-state index in [0.717, 1.165) is 39.3 Å². The van der Waals surface area contributed by atoms with E-state index in [1.807, 2.05) is 30.3 Å². The minimum atomic E-state index is -1.41. The van der Waals surface area contributed by atoms with Gasteiger partial charge in [-0.25, -0.2) is 0 Å². The lowest BCUT2D eigenvalue weighted by Gasteiger charge is -2.44. The minimum Gasteiger partial charge on any atom is -0.463 e. The minimum absolute atomic E-state index is 0.0964. The van der Waals surface area contributed by atoms with Crippen molar-refractivity contribution in [3.63, 3.8) is 0 Å². The Kier molecular flexibility index (Phi) is 10.7. The number of allylic oxidation sites excluding steroid dienone is 1. The zero-order chi connectivity index (χ0) is 32.8. The normalized spacial score (nSPS) is 23.2. The molecular formula is C32H32ClNO11. The maximum atomic E-state index is 13.6. The second-order valence-electron chi connectivity index (χ2n) is 10.5. The lowest BCUT2D eigenvalue weighted by Crippen LogP contribution is -2.62. The first-order valence-corrected chi connectivity index (χ1v) is 14.4. The molecule has 2 aliphatic heterocycles. The molecule has 13 heteroatoms. The molecule has 2 aromatic carbocycles. The number of benzene rings is 2. The van der Waals surface area contributed by atoms with Crippen molar-refractivity contribution in [1.29, 1.82) is 0 Å². The first-order chi connectivity index (χ1) is 21.3. The van der Waals surface area contributed by atoms with Gasteiger partial charge in [-0.05, 0) is 29.8 Å². The van der Waals surface area contributed by atoms with Gasteiger partial charge in [-0.2, -0.15) is 0 Å². The number of carbonyl (C=O) groups excluding carboxylic acids is 6. The van der Waals surface area contributed by atoms with Crippen LogP contribution in [0.15, 0.2) is 54.6 Å². The van der Waals surface area contributed by atoms with E-state index in [4.69, 9.17) is 35.3 Å². The van der Waals surface area contributed by atoms with Crippen molar-refractivity contribution in [2.24, 2.45) is 0 Å². The first kappa shape index (κ1) is 33.3. The highest BCUT2D eigenvalue weighted by molar-refractivity contribution is 6.36. The standard InChI is InChI=1S/C32H32ClNO11/c1-17(35)41-16-28-30(43-19(3)37)31(44-20(4)38)29(42-18(2)36)27(45-28)14-23(39)13-25-24-12-22(33)10-11-26(24)34(32(25)40)15-21-8-6-5-7-9-21/h5-13,27-31H,14-16H2,1-4H3/b25-13-/t27-,28+,29-,30+,31+/m0/s1. The monoisotopic (exact) mass is 641 g/mol. The molecule has 0 unspecified atom stereocenters. The van der Waals surface area contributed by atoms with E-state index in [1.165, 1.54) is 4.90 Å².